The van der Waals surface area contributed by atoms with Gasteiger partial charge >= 0.3 is 6.18 Å². The first-order chi connectivity index (χ1) is 14.8. The van der Waals surface area contributed by atoms with Gasteiger partial charge in [0.15, 0.2) is 0 Å². The number of nitrogens with zero attached hydrogens (tertiary/aromatic N) is 5. The molecular formula is C21H21F3N6O. The lowest BCUT2D eigenvalue weighted by Crippen LogP contribution is -2.44. The van der Waals surface area contributed by atoms with Crippen LogP contribution >= 0.6 is 0 Å². The summed E-state index contributed by atoms with van der Waals surface area (Å²) in [5, 5.41) is 9.89. The van der Waals surface area contributed by atoms with Gasteiger partial charge in [-0.3, -0.25) is 9.36 Å². The van der Waals surface area contributed by atoms with Gasteiger partial charge in [-0.2, -0.15) is 18.4 Å². The summed E-state index contributed by atoms with van der Waals surface area (Å²) in [6.07, 6.45) is -2.06. The van der Waals surface area contributed by atoms with Crippen LogP contribution in [0.2, 0.25) is 0 Å². The topological polar surface area (TPSA) is 92.9 Å². The molecule has 4 rings (SSSR count). The van der Waals surface area contributed by atoms with Crippen molar-refractivity contribution in [2.24, 2.45) is 5.73 Å². The third-order valence-electron chi connectivity index (χ3n) is 5.40. The van der Waals surface area contributed by atoms with E-state index in [2.05, 4.69) is 11.1 Å². The van der Waals surface area contributed by atoms with Gasteiger partial charge in [0.1, 0.15) is 35.0 Å². The average Bonchev–Trinajstić information content (AvgIpc) is 3.04. The fraction of sp³-hybridized carbons (Fsp3) is 0.381. The maximum atomic E-state index is 13.1. The molecule has 3 aromatic rings. The Balaban J connectivity index is 1.97. The van der Waals surface area contributed by atoms with E-state index in [-0.39, 0.29) is 29.2 Å². The van der Waals surface area contributed by atoms with E-state index in [4.69, 9.17) is 5.73 Å². The van der Waals surface area contributed by atoms with E-state index in [0.29, 0.717) is 23.5 Å². The number of nitriles is 1. The highest BCUT2D eigenvalue weighted by Gasteiger charge is 2.32. The number of fused-ring (bicyclic) bond motifs is 1. The summed E-state index contributed by atoms with van der Waals surface area (Å²) in [7, 11) is 0. The second-order valence-electron chi connectivity index (χ2n) is 7.72. The van der Waals surface area contributed by atoms with Crippen molar-refractivity contribution < 1.29 is 13.2 Å². The zero-order chi connectivity index (χ0) is 22.2. The molecule has 162 valence electrons. The summed E-state index contributed by atoms with van der Waals surface area (Å²) in [6.45, 7) is -0.120. The highest BCUT2D eigenvalue weighted by atomic mass is 19.4. The number of hydrogen-bond acceptors (Lipinski definition) is 5. The number of benzene rings is 1. The average molecular weight is 430 g/mol. The molecule has 31 heavy (non-hydrogen) atoms. The van der Waals surface area contributed by atoms with Gasteiger partial charge in [-0.15, -0.1) is 0 Å². The predicted octanol–water partition coefficient (Wildman–Crippen LogP) is 2.61. The van der Waals surface area contributed by atoms with Crippen LogP contribution in [0, 0.1) is 11.3 Å². The Kier molecular flexibility index (Phi) is 5.45. The highest BCUT2D eigenvalue weighted by molar-refractivity contribution is 5.89. The van der Waals surface area contributed by atoms with Crippen LogP contribution in [-0.2, 0) is 13.1 Å². The minimum Gasteiger partial charge on any atom is -0.355 e. The summed E-state index contributed by atoms with van der Waals surface area (Å²) in [4.78, 5) is 19.1. The Morgan fingerprint density at radius 1 is 1.26 bits per heavy atom. The maximum Gasteiger partial charge on any atom is 0.406 e. The zero-order valence-electron chi connectivity index (χ0n) is 16.6. The summed E-state index contributed by atoms with van der Waals surface area (Å²) < 4.78 is 41.1. The molecule has 10 heteroatoms. The number of alkyl halides is 3. The van der Waals surface area contributed by atoms with Crippen molar-refractivity contribution in [2.45, 2.75) is 38.1 Å². The van der Waals surface area contributed by atoms with E-state index < -0.39 is 18.3 Å². The van der Waals surface area contributed by atoms with Crippen LogP contribution in [0.25, 0.3) is 11.0 Å². The second kappa shape index (κ2) is 8.07. The predicted molar refractivity (Wildman–Crippen MR) is 110 cm³/mol. The summed E-state index contributed by atoms with van der Waals surface area (Å²) in [5.74, 6) is 0.478. The van der Waals surface area contributed by atoms with E-state index in [1.54, 1.807) is 4.57 Å². The molecule has 1 unspecified atom stereocenters. The maximum absolute atomic E-state index is 13.1. The molecular weight excluding hydrogens is 409 g/mol. The van der Waals surface area contributed by atoms with Crippen molar-refractivity contribution in [3.8, 4) is 6.07 Å². The Hall–Kier alpha value is -3.32. The quantitative estimate of drug-likeness (QED) is 0.687. The lowest BCUT2D eigenvalue weighted by atomic mass is 10.1. The van der Waals surface area contributed by atoms with Gasteiger partial charge in [0.25, 0.3) is 5.56 Å². The third-order valence-corrected chi connectivity index (χ3v) is 5.40. The number of hydrogen-bond donors (Lipinski definition) is 1. The minimum atomic E-state index is -4.57. The first-order valence-corrected chi connectivity index (χ1v) is 9.91. The van der Waals surface area contributed by atoms with Crippen LogP contribution in [0.4, 0.5) is 19.0 Å². The van der Waals surface area contributed by atoms with Crippen LogP contribution < -0.4 is 16.2 Å². The molecule has 0 spiro atoms. The highest BCUT2D eigenvalue weighted by Crippen LogP contribution is 2.32. The van der Waals surface area contributed by atoms with E-state index in [9.17, 15) is 23.2 Å². The van der Waals surface area contributed by atoms with Crippen LogP contribution in [0.15, 0.2) is 41.5 Å². The Morgan fingerprint density at radius 3 is 2.65 bits per heavy atom. The van der Waals surface area contributed by atoms with Crippen LogP contribution in [-0.4, -0.2) is 39.4 Å². The van der Waals surface area contributed by atoms with Crippen LogP contribution in [0.3, 0.4) is 0 Å². The Morgan fingerprint density at radius 2 is 2.00 bits per heavy atom. The van der Waals surface area contributed by atoms with Gasteiger partial charge < -0.3 is 15.2 Å². The number of piperidine rings is 1. The van der Waals surface area contributed by atoms with E-state index in [1.807, 2.05) is 35.2 Å². The van der Waals surface area contributed by atoms with Gasteiger partial charge in [-0.1, -0.05) is 30.3 Å². The number of anilines is 1. The van der Waals surface area contributed by atoms with Crippen molar-refractivity contribution in [2.75, 3.05) is 18.0 Å². The largest absolute Gasteiger partial charge is 0.406 e. The molecule has 1 aliphatic heterocycles. The van der Waals surface area contributed by atoms with Gasteiger partial charge in [-0.25, -0.2) is 4.98 Å². The molecule has 2 aromatic heterocycles. The smallest absolute Gasteiger partial charge is 0.355 e. The fourth-order valence-electron chi connectivity index (χ4n) is 4.11. The first-order valence-electron chi connectivity index (χ1n) is 9.91. The van der Waals surface area contributed by atoms with Gasteiger partial charge in [-0.05, 0) is 18.4 Å². The molecule has 1 aliphatic rings. The number of aromatic nitrogens is 3. The number of halogens is 3. The monoisotopic (exact) mass is 430 g/mol. The summed E-state index contributed by atoms with van der Waals surface area (Å²) >= 11 is 0. The van der Waals surface area contributed by atoms with E-state index >= 15 is 0 Å². The van der Waals surface area contributed by atoms with E-state index in [1.165, 1.54) is 0 Å². The van der Waals surface area contributed by atoms with Gasteiger partial charge in [0.2, 0.25) is 0 Å². The fourth-order valence-corrected chi connectivity index (χ4v) is 4.11. The third kappa shape index (κ3) is 4.14. The van der Waals surface area contributed by atoms with Crippen LogP contribution in [0.1, 0.15) is 24.0 Å². The van der Waals surface area contributed by atoms with Crippen molar-refractivity contribution in [3.63, 3.8) is 0 Å². The van der Waals surface area contributed by atoms with Gasteiger partial charge in [0, 0.05) is 25.7 Å². The molecule has 0 bridgehead atoms. The molecule has 1 saturated heterocycles. The molecule has 0 aliphatic carbocycles. The molecule has 1 fully saturated rings. The first kappa shape index (κ1) is 20.9. The number of rotatable bonds is 4. The van der Waals surface area contributed by atoms with Crippen LogP contribution in [0.5, 0.6) is 0 Å². The van der Waals surface area contributed by atoms with Crippen molar-refractivity contribution >= 4 is 16.9 Å². The minimum absolute atomic E-state index is 0.0127. The lowest BCUT2D eigenvalue weighted by molar-refractivity contribution is -0.141. The Bertz CT molecular complexity index is 1190. The van der Waals surface area contributed by atoms with Crippen molar-refractivity contribution in [3.05, 3.63) is 58.1 Å². The molecule has 2 N–H and O–H groups in total. The standard InChI is InChI=1S/C21H21F3N6O/c22-21(23,24)12-29-13-27-17-16(9-25)19(28-8-4-7-15(26)11-28)30(18(17)20(29)31)10-14-5-2-1-3-6-14/h1-3,5-6,13,15H,4,7-8,10-12,26H2. The lowest BCUT2D eigenvalue weighted by Gasteiger charge is -2.33. The SMILES string of the molecule is N#Cc1c(N2CCCC(N)C2)n(Cc2ccccc2)c2c(=O)n(CC(F)(F)F)cnc12. The van der Waals surface area contributed by atoms with E-state index in [0.717, 1.165) is 24.7 Å². The number of nitrogens with two attached hydrogens (primary N) is 1. The second-order valence-corrected chi connectivity index (χ2v) is 7.72. The molecule has 1 aromatic carbocycles. The molecule has 1 atom stereocenters. The Labute approximate surface area is 176 Å². The molecule has 0 radical (unpaired) electrons. The van der Waals surface area contributed by atoms with Crippen molar-refractivity contribution in [1.82, 2.24) is 14.1 Å². The van der Waals surface area contributed by atoms with Crippen molar-refractivity contribution in [1.29, 1.82) is 5.26 Å². The molecule has 7 nitrogen and oxygen atoms in total. The molecule has 0 saturated carbocycles. The molecule has 3 heterocycles. The summed E-state index contributed by atoms with van der Waals surface area (Å²) in [5.41, 5.74) is 6.42. The zero-order valence-corrected chi connectivity index (χ0v) is 16.6. The normalized spacial score (nSPS) is 17.1. The molecule has 0 amide bonds. The van der Waals surface area contributed by atoms with Gasteiger partial charge in [0.05, 0.1) is 6.33 Å². The summed E-state index contributed by atoms with van der Waals surface area (Å²) in [6, 6.07) is 11.2.